The highest BCUT2D eigenvalue weighted by atomic mass is 16.6. The number of aliphatic hydroxyl groups excluding tert-OH is 1. The van der Waals surface area contributed by atoms with Crippen molar-refractivity contribution in [1.82, 2.24) is 24.8 Å². The fraction of sp³-hybridized carbons (Fsp3) is 0.529. The molecule has 2 aromatic rings. The summed E-state index contributed by atoms with van der Waals surface area (Å²) in [6.07, 6.45) is 4.96. The highest BCUT2D eigenvalue weighted by Gasteiger charge is 2.49. The molecule has 10 heteroatoms. The number of carbonyl (C=O) groups is 1. The Morgan fingerprint density at radius 2 is 2.37 bits per heavy atom. The molecular formula is C17H22N6O4. The third-order valence-electron chi connectivity index (χ3n) is 4.25. The van der Waals surface area contributed by atoms with E-state index in [0.29, 0.717) is 17.0 Å². The first-order chi connectivity index (χ1) is 12.8. The summed E-state index contributed by atoms with van der Waals surface area (Å²) in [5, 5.41) is 13.1. The molecule has 4 N–H and O–H groups in total. The largest absolute Gasteiger partial charge is 0.445 e. The van der Waals surface area contributed by atoms with E-state index >= 15 is 0 Å². The molecule has 1 amide bonds. The number of nitrogen functional groups attached to an aromatic ring is 1. The minimum atomic E-state index is -1.47. The Morgan fingerprint density at radius 3 is 3.04 bits per heavy atom. The topological polar surface area (TPSA) is 137 Å². The van der Waals surface area contributed by atoms with Crippen LogP contribution in [0.2, 0.25) is 0 Å². The molecule has 1 fully saturated rings. The van der Waals surface area contributed by atoms with E-state index in [1.165, 1.54) is 6.33 Å². The molecular weight excluding hydrogens is 352 g/mol. The average Bonchev–Trinajstić information content (AvgIpc) is 3.14. The monoisotopic (exact) mass is 374 g/mol. The first kappa shape index (κ1) is 18.9. The Kier molecular flexibility index (Phi) is 4.91. The lowest BCUT2D eigenvalue weighted by atomic mass is 9.99. The van der Waals surface area contributed by atoms with Gasteiger partial charge in [-0.15, -0.1) is 6.42 Å². The van der Waals surface area contributed by atoms with Crippen molar-refractivity contribution in [3.05, 3.63) is 12.2 Å². The van der Waals surface area contributed by atoms with Crippen molar-refractivity contribution in [2.75, 3.05) is 12.3 Å². The second-order valence-corrected chi connectivity index (χ2v) is 6.71. The fourth-order valence-corrected chi connectivity index (χ4v) is 2.94. The van der Waals surface area contributed by atoms with Gasteiger partial charge in [-0.1, -0.05) is 5.92 Å². The Balaban J connectivity index is 1.83. The summed E-state index contributed by atoms with van der Waals surface area (Å²) in [6, 6.07) is -0.0906. The van der Waals surface area contributed by atoms with Crippen molar-refractivity contribution in [1.29, 1.82) is 0 Å². The molecule has 144 valence electrons. The number of ether oxygens (including phenoxy) is 2. The predicted octanol–water partition coefficient (Wildman–Crippen LogP) is 0.503. The summed E-state index contributed by atoms with van der Waals surface area (Å²) in [5.41, 5.74) is 5.32. The van der Waals surface area contributed by atoms with Crippen molar-refractivity contribution >= 4 is 23.1 Å². The Morgan fingerprint density at radius 1 is 1.63 bits per heavy atom. The first-order valence-electron chi connectivity index (χ1n) is 8.49. The maximum absolute atomic E-state index is 11.7. The Labute approximate surface area is 156 Å². The summed E-state index contributed by atoms with van der Waals surface area (Å²) < 4.78 is 12.7. The number of nitrogens with two attached hydrogens (primary N) is 1. The van der Waals surface area contributed by atoms with E-state index in [4.69, 9.17) is 21.6 Å². The van der Waals surface area contributed by atoms with E-state index in [-0.39, 0.29) is 24.9 Å². The minimum absolute atomic E-state index is 0.0906. The molecule has 0 aromatic carbocycles. The lowest BCUT2D eigenvalue weighted by Crippen LogP contribution is -2.44. The van der Waals surface area contributed by atoms with Crippen LogP contribution in [0, 0.1) is 19.3 Å². The van der Waals surface area contributed by atoms with Crippen LogP contribution >= 0.6 is 0 Å². The van der Waals surface area contributed by atoms with E-state index in [1.807, 2.05) is 0 Å². The molecule has 1 saturated heterocycles. The maximum Gasteiger partial charge on any atom is 0.407 e. The molecule has 3 atom stereocenters. The number of alkyl carbamates (subject to hydrolysis) is 1. The molecule has 10 nitrogen and oxygen atoms in total. The summed E-state index contributed by atoms with van der Waals surface area (Å²) in [7, 11) is 0. The zero-order valence-corrected chi connectivity index (χ0v) is 15.3. The van der Waals surface area contributed by atoms with Gasteiger partial charge in [-0.25, -0.2) is 19.7 Å². The van der Waals surface area contributed by atoms with Crippen LogP contribution in [-0.4, -0.2) is 55.1 Å². The molecule has 0 saturated carbocycles. The molecule has 1 aliphatic heterocycles. The number of aryl methyl sites for hydroxylation is 1. The van der Waals surface area contributed by atoms with E-state index in [0.717, 1.165) is 0 Å². The van der Waals surface area contributed by atoms with Gasteiger partial charge in [-0.3, -0.25) is 4.57 Å². The summed E-state index contributed by atoms with van der Waals surface area (Å²) in [5.74, 6) is 3.17. The third kappa shape index (κ3) is 3.51. The van der Waals surface area contributed by atoms with Crippen LogP contribution in [0.4, 0.5) is 10.6 Å². The fourth-order valence-electron chi connectivity index (χ4n) is 2.94. The van der Waals surface area contributed by atoms with Crippen LogP contribution in [0.3, 0.4) is 0 Å². The van der Waals surface area contributed by atoms with Crippen molar-refractivity contribution < 1.29 is 19.4 Å². The molecule has 1 aliphatic rings. The van der Waals surface area contributed by atoms with Gasteiger partial charge < -0.3 is 25.6 Å². The number of aliphatic hydroxyl groups is 1. The lowest BCUT2D eigenvalue weighted by Gasteiger charge is -2.26. The van der Waals surface area contributed by atoms with E-state index < -0.39 is 24.0 Å². The number of carbonyl (C=O) groups excluding carboxylic acids is 1. The molecule has 2 aromatic heterocycles. The van der Waals surface area contributed by atoms with Crippen LogP contribution in [0.15, 0.2) is 6.33 Å². The zero-order chi connectivity index (χ0) is 19.8. The van der Waals surface area contributed by atoms with E-state index in [9.17, 15) is 9.90 Å². The molecule has 3 heterocycles. The summed E-state index contributed by atoms with van der Waals surface area (Å²) in [6.45, 7) is 5.02. The molecule has 0 unspecified atom stereocenters. The summed E-state index contributed by atoms with van der Waals surface area (Å²) in [4.78, 5) is 24.4. The SMILES string of the molecule is C#C[C@]1(COC(=O)NC(C)C)O[C@@H](n2cnc3c(N)nc(C)nc32)C[C@@H]1O. The quantitative estimate of drug-likeness (QED) is 0.658. The van der Waals surface area contributed by atoms with Gasteiger partial charge in [0, 0.05) is 12.5 Å². The number of terminal acetylenes is 1. The maximum atomic E-state index is 11.7. The number of fused-ring (bicyclic) bond motifs is 1. The van der Waals surface area contributed by atoms with Crippen LogP contribution < -0.4 is 11.1 Å². The van der Waals surface area contributed by atoms with Crippen molar-refractivity contribution in [2.45, 2.75) is 51.2 Å². The van der Waals surface area contributed by atoms with Crippen molar-refractivity contribution in [2.24, 2.45) is 0 Å². The van der Waals surface area contributed by atoms with Gasteiger partial charge in [0.15, 0.2) is 17.1 Å². The van der Waals surface area contributed by atoms with Gasteiger partial charge in [0.1, 0.15) is 30.3 Å². The number of hydrogen-bond acceptors (Lipinski definition) is 8. The third-order valence-corrected chi connectivity index (χ3v) is 4.25. The Hall–Kier alpha value is -2.90. The number of nitrogens with one attached hydrogen (secondary N) is 1. The standard InChI is InChI=1S/C17H22N6O4/c1-5-17(7-26-16(25)20-9(2)3)11(24)6-12(27-17)23-8-19-13-14(18)21-10(4)22-15(13)23/h1,8-9,11-12,24H,6-7H2,2-4H3,(H,20,25)(H2,18,21,22)/t11-,12+,17+/m0/s1. The lowest BCUT2D eigenvalue weighted by molar-refractivity contribution is -0.0911. The van der Waals surface area contributed by atoms with Crippen LogP contribution in [0.25, 0.3) is 11.2 Å². The predicted molar refractivity (Wildman–Crippen MR) is 96.4 cm³/mol. The van der Waals surface area contributed by atoms with Gasteiger partial charge >= 0.3 is 6.09 Å². The van der Waals surface area contributed by atoms with Crippen LogP contribution in [0.1, 0.15) is 32.3 Å². The van der Waals surface area contributed by atoms with Crippen molar-refractivity contribution in [3.8, 4) is 12.3 Å². The number of anilines is 1. The molecule has 0 aliphatic carbocycles. The van der Waals surface area contributed by atoms with Crippen LogP contribution in [0.5, 0.6) is 0 Å². The first-order valence-corrected chi connectivity index (χ1v) is 8.49. The normalized spacial score (nSPS) is 24.9. The minimum Gasteiger partial charge on any atom is -0.445 e. The second kappa shape index (κ2) is 7.02. The van der Waals surface area contributed by atoms with Crippen molar-refractivity contribution in [3.63, 3.8) is 0 Å². The van der Waals surface area contributed by atoms with Gasteiger partial charge in [-0.2, -0.15) is 0 Å². The van der Waals surface area contributed by atoms with E-state index in [2.05, 4.69) is 26.2 Å². The van der Waals surface area contributed by atoms with Gasteiger partial charge in [0.05, 0.1) is 6.33 Å². The second-order valence-electron chi connectivity index (χ2n) is 6.71. The van der Waals surface area contributed by atoms with Gasteiger partial charge in [-0.05, 0) is 20.8 Å². The number of aromatic nitrogens is 4. The molecule has 0 spiro atoms. The smallest absolute Gasteiger partial charge is 0.407 e. The summed E-state index contributed by atoms with van der Waals surface area (Å²) >= 11 is 0. The number of rotatable bonds is 4. The highest BCUT2D eigenvalue weighted by molar-refractivity contribution is 5.81. The average molecular weight is 374 g/mol. The number of imidazole rings is 1. The Bertz CT molecular complexity index is 905. The van der Waals surface area contributed by atoms with Gasteiger partial charge in [0.2, 0.25) is 0 Å². The van der Waals surface area contributed by atoms with E-state index in [1.54, 1.807) is 25.3 Å². The molecule has 27 heavy (non-hydrogen) atoms. The molecule has 0 bridgehead atoms. The highest BCUT2D eigenvalue weighted by Crippen LogP contribution is 2.38. The van der Waals surface area contributed by atoms with Gasteiger partial charge in [0.25, 0.3) is 0 Å². The molecule has 0 radical (unpaired) electrons. The number of hydrogen-bond donors (Lipinski definition) is 3. The zero-order valence-electron chi connectivity index (χ0n) is 15.3. The molecule has 3 rings (SSSR count). The number of nitrogens with zero attached hydrogens (tertiary/aromatic N) is 4. The van der Waals surface area contributed by atoms with Crippen LogP contribution in [-0.2, 0) is 9.47 Å². The number of amides is 1.